The third-order valence-electron chi connectivity index (χ3n) is 9.33. The van der Waals surface area contributed by atoms with Crippen LogP contribution in [0.1, 0.15) is 16.7 Å². The van der Waals surface area contributed by atoms with Crippen LogP contribution >= 0.6 is 0 Å². The lowest BCUT2D eigenvalue weighted by atomic mass is 9.87. The molecule has 8 rings (SSSR count). The average Bonchev–Trinajstić information content (AvgIpc) is 3.17. The highest BCUT2D eigenvalue weighted by atomic mass is 14.6. The van der Waals surface area contributed by atoms with Crippen LogP contribution in [0.3, 0.4) is 0 Å². The molecule has 0 fully saturated rings. The number of fused-ring (bicyclic) bond motifs is 6. The van der Waals surface area contributed by atoms with E-state index in [2.05, 4.69) is 170 Å². The quantitative estimate of drug-likeness (QED) is 0.140. The first kappa shape index (κ1) is 29.2. The first-order chi connectivity index (χ1) is 23.7. The number of allylic oxidation sites excluding steroid dienone is 3. The lowest BCUT2D eigenvalue weighted by Gasteiger charge is -2.17. The first-order valence-corrected chi connectivity index (χ1v) is 16.5. The summed E-state index contributed by atoms with van der Waals surface area (Å²) in [5, 5.41) is 7.68. The monoisotopic (exact) mass is 613 g/mol. The molecule has 2 N–H and O–H groups in total. The Bertz CT molecular complexity index is 2430. The lowest BCUT2D eigenvalue weighted by molar-refractivity contribution is 1.27. The minimum atomic E-state index is 0.742. The zero-order valence-corrected chi connectivity index (χ0v) is 26.7. The van der Waals surface area contributed by atoms with Gasteiger partial charge in [0.2, 0.25) is 0 Å². The molecule has 48 heavy (non-hydrogen) atoms. The van der Waals surface area contributed by atoms with Crippen molar-refractivity contribution >= 4 is 43.6 Å². The van der Waals surface area contributed by atoms with Crippen molar-refractivity contribution in [3.63, 3.8) is 0 Å². The molecule has 0 spiro atoms. The van der Waals surface area contributed by atoms with Gasteiger partial charge in [-0.25, -0.2) is 0 Å². The second-order valence-corrected chi connectivity index (χ2v) is 12.3. The summed E-state index contributed by atoms with van der Waals surface area (Å²) in [6, 6.07) is 62.8. The largest absolute Gasteiger partial charge is 0.398 e. The van der Waals surface area contributed by atoms with E-state index in [1.54, 1.807) is 0 Å². The molecule has 228 valence electrons. The Morgan fingerprint density at radius 1 is 0.438 bits per heavy atom. The summed E-state index contributed by atoms with van der Waals surface area (Å²) < 4.78 is 0. The van der Waals surface area contributed by atoms with Gasteiger partial charge < -0.3 is 5.73 Å². The van der Waals surface area contributed by atoms with Gasteiger partial charge in [-0.2, -0.15) is 0 Å². The Hall–Kier alpha value is -6.18. The van der Waals surface area contributed by atoms with Crippen LogP contribution in [0, 0.1) is 0 Å². The molecule has 1 nitrogen and oxygen atoms in total. The van der Waals surface area contributed by atoms with E-state index in [4.69, 9.17) is 5.73 Å². The normalized spacial score (nSPS) is 12.2. The third-order valence-corrected chi connectivity index (χ3v) is 9.33. The highest BCUT2D eigenvalue weighted by molar-refractivity contribution is 6.25. The van der Waals surface area contributed by atoms with E-state index in [1.165, 1.54) is 60.1 Å². The van der Waals surface area contributed by atoms with E-state index >= 15 is 0 Å². The highest BCUT2D eigenvalue weighted by Gasteiger charge is 2.15. The molecule has 0 saturated carbocycles. The zero-order chi connectivity index (χ0) is 32.3. The average molecular weight is 614 g/mol. The number of hydrogen-bond acceptors (Lipinski definition) is 1. The molecule has 0 aliphatic carbocycles. The van der Waals surface area contributed by atoms with E-state index in [9.17, 15) is 0 Å². The van der Waals surface area contributed by atoms with E-state index in [0.717, 1.165) is 28.8 Å². The van der Waals surface area contributed by atoms with Crippen LogP contribution in [-0.4, -0.2) is 0 Å². The molecular formula is C47H35N. The van der Waals surface area contributed by atoms with Crippen LogP contribution in [0.4, 0.5) is 0 Å². The SMILES string of the molecule is N/C(=C\C(=C/Cc1ccccc1)c1ccccc1-c1ccccc1-c1ccc2c3ccccc3c3ccccc3c2c1)c1ccccc1. The number of rotatable bonds is 7. The van der Waals surface area contributed by atoms with Crippen molar-refractivity contribution < 1.29 is 0 Å². The predicted molar refractivity (Wildman–Crippen MR) is 207 cm³/mol. The van der Waals surface area contributed by atoms with E-state index in [1.807, 2.05) is 18.2 Å². The Kier molecular flexibility index (Phi) is 7.86. The molecule has 1 heteroatoms. The lowest BCUT2D eigenvalue weighted by Crippen LogP contribution is -1.98. The second-order valence-electron chi connectivity index (χ2n) is 12.3. The van der Waals surface area contributed by atoms with E-state index in [0.29, 0.717) is 0 Å². The molecule has 0 unspecified atom stereocenters. The fourth-order valence-electron chi connectivity index (χ4n) is 6.98. The highest BCUT2D eigenvalue weighted by Crippen LogP contribution is 2.41. The Morgan fingerprint density at radius 2 is 0.938 bits per heavy atom. The van der Waals surface area contributed by atoms with Gasteiger partial charge >= 0.3 is 0 Å². The molecule has 0 aliphatic heterocycles. The van der Waals surface area contributed by atoms with Crippen molar-refractivity contribution in [1.82, 2.24) is 0 Å². The standard InChI is InChI=1S/C47H35N/c48-47(34-17-5-2-6-18-34)32-36(28-27-33-15-3-1-4-16-33)38-20-8-10-22-40(38)39-21-9-7-19-37(39)35-29-30-45-43-25-12-11-23-41(43)42-24-13-14-26-44(42)46(45)31-35/h1-26,28-32H,27,48H2/b36-28+,47-32-. The van der Waals surface area contributed by atoms with Crippen LogP contribution in [0.25, 0.3) is 65.8 Å². The molecule has 0 radical (unpaired) electrons. The number of benzene rings is 8. The van der Waals surface area contributed by atoms with Gasteiger partial charge in [0.15, 0.2) is 0 Å². The summed E-state index contributed by atoms with van der Waals surface area (Å²) in [5.41, 5.74) is 16.8. The van der Waals surface area contributed by atoms with Crippen molar-refractivity contribution in [2.75, 3.05) is 0 Å². The van der Waals surface area contributed by atoms with Crippen molar-refractivity contribution in [3.8, 4) is 22.3 Å². The minimum Gasteiger partial charge on any atom is -0.398 e. The molecule has 0 amide bonds. The molecule has 0 atom stereocenters. The zero-order valence-electron chi connectivity index (χ0n) is 26.7. The summed E-state index contributed by atoms with van der Waals surface area (Å²) in [6.45, 7) is 0. The molecule has 8 aromatic rings. The minimum absolute atomic E-state index is 0.742. The summed E-state index contributed by atoms with van der Waals surface area (Å²) in [7, 11) is 0. The molecule has 0 bridgehead atoms. The fourth-order valence-corrected chi connectivity index (χ4v) is 6.98. The Balaban J connectivity index is 1.30. The molecule has 0 saturated heterocycles. The summed E-state index contributed by atoms with van der Waals surface area (Å²) in [6.07, 6.45) is 5.24. The molecule has 0 aromatic heterocycles. The van der Waals surface area contributed by atoms with Crippen molar-refractivity contribution in [3.05, 3.63) is 205 Å². The summed E-state index contributed by atoms with van der Waals surface area (Å²) in [5.74, 6) is 0. The van der Waals surface area contributed by atoms with Crippen molar-refractivity contribution in [2.45, 2.75) is 6.42 Å². The van der Waals surface area contributed by atoms with E-state index in [-0.39, 0.29) is 0 Å². The Morgan fingerprint density at radius 3 is 1.60 bits per heavy atom. The van der Waals surface area contributed by atoms with Gasteiger partial charge in [0, 0.05) is 5.70 Å². The maximum atomic E-state index is 6.77. The van der Waals surface area contributed by atoms with Crippen LogP contribution in [0.2, 0.25) is 0 Å². The van der Waals surface area contributed by atoms with Gasteiger partial charge in [0.05, 0.1) is 0 Å². The van der Waals surface area contributed by atoms with Crippen LogP contribution in [-0.2, 0) is 6.42 Å². The number of nitrogens with two attached hydrogens (primary N) is 1. The summed E-state index contributed by atoms with van der Waals surface area (Å²) in [4.78, 5) is 0. The molecule has 8 aromatic carbocycles. The van der Waals surface area contributed by atoms with Gasteiger partial charge in [0.25, 0.3) is 0 Å². The van der Waals surface area contributed by atoms with Crippen LogP contribution in [0.5, 0.6) is 0 Å². The van der Waals surface area contributed by atoms with Crippen LogP contribution < -0.4 is 5.73 Å². The Labute approximate surface area is 281 Å². The third kappa shape index (κ3) is 5.57. The van der Waals surface area contributed by atoms with Gasteiger partial charge in [-0.1, -0.05) is 176 Å². The van der Waals surface area contributed by atoms with Gasteiger partial charge in [-0.05, 0) is 95.4 Å². The van der Waals surface area contributed by atoms with Crippen molar-refractivity contribution in [2.24, 2.45) is 5.73 Å². The predicted octanol–water partition coefficient (Wildman–Crippen LogP) is 12.1. The number of hydrogen-bond donors (Lipinski definition) is 1. The summed E-state index contributed by atoms with van der Waals surface area (Å²) >= 11 is 0. The van der Waals surface area contributed by atoms with Gasteiger partial charge in [0.1, 0.15) is 0 Å². The molecular weight excluding hydrogens is 579 g/mol. The maximum Gasteiger partial charge on any atom is 0.0393 e. The van der Waals surface area contributed by atoms with E-state index < -0.39 is 0 Å². The van der Waals surface area contributed by atoms with Gasteiger partial charge in [-0.15, -0.1) is 0 Å². The van der Waals surface area contributed by atoms with Gasteiger partial charge in [-0.3, -0.25) is 0 Å². The smallest absolute Gasteiger partial charge is 0.0393 e. The fraction of sp³-hybridized carbons (Fsp3) is 0.0213. The van der Waals surface area contributed by atoms with Crippen LogP contribution in [0.15, 0.2) is 188 Å². The first-order valence-electron chi connectivity index (χ1n) is 16.5. The maximum absolute atomic E-state index is 6.77. The second kappa shape index (κ2) is 12.9. The van der Waals surface area contributed by atoms with Crippen molar-refractivity contribution in [1.29, 1.82) is 0 Å². The molecule has 0 heterocycles. The molecule has 0 aliphatic rings. The topological polar surface area (TPSA) is 26.0 Å².